The topological polar surface area (TPSA) is 71.8 Å². The van der Waals surface area contributed by atoms with Crippen LogP contribution in [0.5, 0.6) is 0 Å². The number of halogens is 2. The minimum absolute atomic E-state index is 0. The van der Waals surface area contributed by atoms with E-state index in [-0.39, 0.29) is 36.6 Å². The largest absolute Gasteiger partial charge is 0.324 e. The van der Waals surface area contributed by atoms with E-state index in [4.69, 9.17) is 0 Å². The lowest BCUT2D eigenvalue weighted by atomic mass is 9.99. The Morgan fingerprint density at radius 2 is 2.23 bits per heavy atom. The maximum Gasteiger partial charge on any atom is 0.228 e. The number of hydrogen-bond acceptors (Lipinski definition) is 4. The molecule has 1 atom stereocenters. The van der Waals surface area contributed by atoms with Crippen LogP contribution in [0.4, 0.5) is 5.69 Å². The predicted octanol–water partition coefficient (Wildman–Crippen LogP) is 2.05. The maximum atomic E-state index is 12.1. The second-order valence-electron chi connectivity index (χ2n) is 4.89. The minimum atomic E-state index is 0. The first-order valence-electron chi connectivity index (χ1n) is 6.80. The molecular weight excluding hydrogens is 325 g/mol. The molecule has 0 aromatic carbocycles. The Labute approximate surface area is 141 Å². The van der Waals surface area contributed by atoms with E-state index in [2.05, 4.69) is 20.7 Å². The van der Waals surface area contributed by atoms with Gasteiger partial charge in [0.25, 0.3) is 0 Å². The fraction of sp³-hybridized carbons (Fsp3) is 0.357. The Morgan fingerprint density at radius 1 is 1.36 bits per heavy atom. The molecule has 0 spiro atoms. The van der Waals surface area contributed by atoms with Crippen molar-refractivity contribution in [3.8, 4) is 5.82 Å². The van der Waals surface area contributed by atoms with Crippen LogP contribution in [0.1, 0.15) is 12.8 Å². The molecule has 1 aliphatic heterocycles. The Morgan fingerprint density at radius 3 is 2.82 bits per heavy atom. The first kappa shape index (κ1) is 18.4. The van der Waals surface area contributed by atoms with Gasteiger partial charge in [-0.25, -0.2) is 9.67 Å². The smallest absolute Gasteiger partial charge is 0.228 e. The van der Waals surface area contributed by atoms with Gasteiger partial charge in [0.1, 0.15) is 0 Å². The summed E-state index contributed by atoms with van der Waals surface area (Å²) in [5.41, 5.74) is 0.719. The highest BCUT2D eigenvalue weighted by Gasteiger charge is 2.20. The van der Waals surface area contributed by atoms with Crippen LogP contribution in [0.2, 0.25) is 0 Å². The van der Waals surface area contributed by atoms with Gasteiger partial charge in [0, 0.05) is 18.9 Å². The zero-order valence-electron chi connectivity index (χ0n) is 11.9. The molecule has 3 rings (SSSR count). The number of carbonyl (C=O) groups excluding carboxylic acids is 1. The van der Waals surface area contributed by atoms with E-state index in [1.807, 2.05) is 24.4 Å². The molecule has 1 aliphatic rings. The summed E-state index contributed by atoms with van der Waals surface area (Å²) in [7, 11) is 0. The number of anilines is 1. The van der Waals surface area contributed by atoms with Crippen molar-refractivity contribution in [3.63, 3.8) is 0 Å². The van der Waals surface area contributed by atoms with Crippen LogP contribution < -0.4 is 10.6 Å². The molecule has 3 heterocycles. The van der Waals surface area contributed by atoms with Crippen molar-refractivity contribution in [1.82, 2.24) is 20.1 Å². The SMILES string of the molecule is Cl.Cl.O=C(Nc1ccc(-n2cccn2)nc1)C1CCCNC1. The lowest BCUT2D eigenvalue weighted by molar-refractivity contribution is -0.120. The van der Waals surface area contributed by atoms with E-state index in [9.17, 15) is 4.79 Å². The molecule has 0 saturated carbocycles. The van der Waals surface area contributed by atoms with Gasteiger partial charge in [0.2, 0.25) is 5.91 Å². The lowest BCUT2D eigenvalue weighted by Crippen LogP contribution is -2.37. The molecule has 2 aromatic heterocycles. The van der Waals surface area contributed by atoms with Gasteiger partial charge < -0.3 is 10.6 Å². The maximum absolute atomic E-state index is 12.1. The van der Waals surface area contributed by atoms with E-state index in [0.29, 0.717) is 0 Å². The number of aromatic nitrogens is 3. The summed E-state index contributed by atoms with van der Waals surface area (Å²) >= 11 is 0. The van der Waals surface area contributed by atoms with Crippen molar-refractivity contribution in [2.24, 2.45) is 5.92 Å². The van der Waals surface area contributed by atoms with E-state index < -0.39 is 0 Å². The van der Waals surface area contributed by atoms with Crippen LogP contribution >= 0.6 is 24.8 Å². The first-order chi connectivity index (χ1) is 9.83. The van der Waals surface area contributed by atoms with Gasteiger partial charge in [0.15, 0.2) is 5.82 Å². The average Bonchev–Trinajstić information content (AvgIpc) is 3.03. The normalized spacial score (nSPS) is 17.0. The highest BCUT2D eigenvalue weighted by Crippen LogP contribution is 2.14. The van der Waals surface area contributed by atoms with Gasteiger partial charge in [-0.05, 0) is 37.6 Å². The fourth-order valence-electron chi connectivity index (χ4n) is 2.32. The zero-order valence-corrected chi connectivity index (χ0v) is 13.6. The van der Waals surface area contributed by atoms with Crippen LogP contribution in [0.3, 0.4) is 0 Å². The summed E-state index contributed by atoms with van der Waals surface area (Å²) in [6, 6.07) is 5.52. The monoisotopic (exact) mass is 343 g/mol. The number of carbonyl (C=O) groups is 1. The van der Waals surface area contributed by atoms with E-state index in [1.54, 1.807) is 17.1 Å². The first-order valence-corrected chi connectivity index (χ1v) is 6.80. The van der Waals surface area contributed by atoms with Gasteiger partial charge in [-0.3, -0.25) is 4.79 Å². The number of piperidine rings is 1. The molecule has 6 nitrogen and oxygen atoms in total. The molecule has 0 bridgehead atoms. The molecule has 1 amide bonds. The van der Waals surface area contributed by atoms with Crippen molar-refractivity contribution < 1.29 is 4.79 Å². The summed E-state index contributed by atoms with van der Waals surface area (Å²) in [6.07, 6.45) is 7.18. The highest BCUT2D eigenvalue weighted by molar-refractivity contribution is 5.92. The minimum Gasteiger partial charge on any atom is -0.324 e. The number of hydrogen-bond donors (Lipinski definition) is 2. The number of nitrogens with one attached hydrogen (secondary N) is 2. The van der Waals surface area contributed by atoms with Crippen LogP contribution in [-0.2, 0) is 4.79 Å². The predicted molar refractivity (Wildman–Crippen MR) is 90.1 cm³/mol. The van der Waals surface area contributed by atoms with E-state index >= 15 is 0 Å². The average molecular weight is 344 g/mol. The Hall–Kier alpha value is -1.63. The van der Waals surface area contributed by atoms with Gasteiger partial charge in [-0.15, -0.1) is 24.8 Å². The second-order valence-corrected chi connectivity index (χ2v) is 4.89. The molecule has 2 N–H and O–H groups in total. The van der Waals surface area contributed by atoms with Crippen LogP contribution in [0.15, 0.2) is 36.8 Å². The molecule has 1 fully saturated rings. The highest BCUT2D eigenvalue weighted by atomic mass is 35.5. The lowest BCUT2D eigenvalue weighted by Gasteiger charge is -2.21. The Bertz CT molecular complexity index is 567. The summed E-state index contributed by atoms with van der Waals surface area (Å²) in [6.45, 7) is 1.76. The molecule has 22 heavy (non-hydrogen) atoms. The number of pyridine rings is 1. The fourth-order valence-corrected chi connectivity index (χ4v) is 2.32. The standard InChI is InChI=1S/C14H17N5O.2ClH/c20-14(11-3-1-6-15-9-11)18-12-4-5-13(16-10-12)19-8-2-7-17-19;;/h2,4-5,7-8,10-11,15H,1,3,6,9H2,(H,18,20);2*1H. The Balaban J connectivity index is 0.00000121. The summed E-state index contributed by atoms with van der Waals surface area (Å²) in [4.78, 5) is 16.4. The van der Waals surface area contributed by atoms with Crippen LogP contribution in [0.25, 0.3) is 5.82 Å². The van der Waals surface area contributed by atoms with Crippen molar-refractivity contribution in [3.05, 3.63) is 36.8 Å². The van der Waals surface area contributed by atoms with Crippen molar-refractivity contribution in [2.45, 2.75) is 12.8 Å². The van der Waals surface area contributed by atoms with Crippen LogP contribution in [0, 0.1) is 5.92 Å². The number of amides is 1. The second kappa shape index (κ2) is 8.73. The third-order valence-corrected chi connectivity index (χ3v) is 3.42. The van der Waals surface area contributed by atoms with Crippen molar-refractivity contribution >= 4 is 36.4 Å². The van der Waals surface area contributed by atoms with Gasteiger partial charge in [-0.1, -0.05) is 0 Å². The molecule has 1 saturated heterocycles. The quantitative estimate of drug-likeness (QED) is 0.894. The van der Waals surface area contributed by atoms with Crippen molar-refractivity contribution in [1.29, 1.82) is 0 Å². The third kappa shape index (κ3) is 4.43. The molecular formula is C14H19Cl2N5O. The number of rotatable bonds is 3. The van der Waals surface area contributed by atoms with E-state index in [1.165, 1.54) is 0 Å². The zero-order chi connectivity index (χ0) is 13.8. The molecule has 0 aliphatic carbocycles. The van der Waals surface area contributed by atoms with Crippen molar-refractivity contribution in [2.75, 3.05) is 18.4 Å². The van der Waals surface area contributed by atoms with Gasteiger partial charge in [0.05, 0.1) is 17.8 Å². The van der Waals surface area contributed by atoms with Crippen LogP contribution in [-0.4, -0.2) is 33.8 Å². The number of nitrogens with zero attached hydrogens (tertiary/aromatic N) is 3. The molecule has 0 radical (unpaired) electrons. The molecule has 8 heteroatoms. The molecule has 1 unspecified atom stereocenters. The molecule has 2 aromatic rings. The summed E-state index contributed by atoms with van der Waals surface area (Å²) in [5.74, 6) is 0.840. The molecule has 120 valence electrons. The third-order valence-electron chi connectivity index (χ3n) is 3.42. The van der Waals surface area contributed by atoms with E-state index in [0.717, 1.165) is 37.4 Å². The summed E-state index contributed by atoms with van der Waals surface area (Å²) in [5, 5.41) is 10.3. The Kier molecular flexibility index (Phi) is 7.31. The van der Waals surface area contributed by atoms with Gasteiger partial charge in [-0.2, -0.15) is 5.10 Å². The summed E-state index contributed by atoms with van der Waals surface area (Å²) < 4.78 is 1.68. The van der Waals surface area contributed by atoms with Gasteiger partial charge >= 0.3 is 0 Å².